The lowest BCUT2D eigenvalue weighted by Gasteiger charge is -2.37. The van der Waals surface area contributed by atoms with Crippen LogP contribution in [0.1, 0.15) is 28.4 Å². The Balaban J connectivity index is 1.66. The molecule has 34 heavy (non-hydrogen) atoms. The van der Waals surface area contributed by atoms with Crippen molar-refractivity contribution in [2.24, 2.45) is 5.92 Å². The van der Waals surface area contributed by atoms with Crippen LogP contribution in [0, 0.1) is 5.92 Å². The Morgan fingerprint density at radius 2 is 1.68 bits per heavy atom. The van der Waals surface area contributed by atoms with E-state index in [1.165, 1.54) is 6.92 Å². The number of benzene rings is 3. The van der Waals surface area contributed by atoms with Crippen molar-refractivity contribution in [1.82, 2.24) is 0 Å². The van der Waals surface area contributed by atoms with Gasteiger partial charge in [-0.25, -0.2) is 0 Å². The summed E-state index contributed by atoms with van der Waals surface area (Å²) < 4.78 is 0.853. The maximum Gasteiger partial charge on any atom is 0.238 e. The van der Waals surface area contributed by atoms with Crippen LogP contribution in [0.25, 0.3) is 6.08 Å². The number of fused-ring (bicyclic) bond motifs is 6. The van der Waals surface area contributed by atoms with Crippen LogP contribution in [0.4, 0.5) is 11.4 Å². The predicted molar refractivity (Wildman–Crippen MR) is 135 cm³/mol. The number of nitrogens with zero attached hydrogens (tertiary/aromatic N) is 1. The van der Waals surface area contributed by atoms with Gasteiger partial charge in [0.1, 0.15) is 5.41 Å². The molecule has 3 aromatic carbocycles. The molecule has 1 spiro atoms. The van der Waals surface area contributed by atoms with Gasteiger partial charge < -0.3 is 10.2 Å². The van der Waals surface area contributed by atoms with E-state index in [0.29, 0.717) is 11.3 Å². The van der Waals surface area contributed by atoms with Gasteiger partial charge in [-0.1, -0.05) is 76.6 Å². The zero-order valence-electron chi connectivity index (χ0n) is 18.4. The molecule has 0 bridgehead atoms. The van der Waals surface area contributed by atoms with Crippen molar-refractivity contribution in [3.8, 4) is 0 Å². The Kier molecular flexibility index (Phi) is 4.64. The molecule has 0 unspecified atom stereocenters. The average molecular weight is 513 g/mol. The van der Waals surface area contributed by atoms with Crippen molar-refractivity contribution in [2.75, 3.05) is 10.2 Å². The summed E-state index contributed by atoms with van der Waals surface area (Å²) in [6, 6.07) is 21.2. The Morgan fingerprint density at radius 1 is 0.971 bits per heavy atom. The Bertz CT molecular complexity index is 1400. The van der Waals surface area contributed by atoms with E-state index < -0.39 is 23.4 Å². The molecule has 1 N–H and O–H groups in total. The topological polar surface area (TPSA) is 66.5 Å². The third-order valence-corrected chi connectivity index (χ3v) is 7.90. The van der Waals surface area contributed by atoms with Crippen molar-refractivity contribution < 1.29 is 14.4 Å². The quantitative estimate of drug-likeness (QED) is 0.500. The summed E-state index contributed by atoms with van der Waals surface area (Å²) in [7, 11) is 0. The van der Waals surface area contributed by atoms with E-state index >= 15 is 0 Å². The molecule has 168 valence electrons. The summed E-state index contributed by atoms with van der Waals surface area (Å²) in [6.07, 6.45) is 3.98. The van der Waals surface area contributed by atoms with Crippen LogP contribution in [0.15, 0.2) is 83.3 Å². The van der Waals surface area contributed by atoms with E-state index in [0.717, 1.165) is 21.3 Å². The highest BCUT2D eigenvalue weighted by atomic mass is 79.9. The second kappa shape index (κ2) is 7.50. The zero-order valence-corrected chi connectivity index (χ0v) is 20.0. The van der Waals surface area contributed by atoms with Crippen LogP contribution < -0.4 is 10.2 Å². The first-order chi connectivity index (χ1) is 16.4. The normalized spacial score (nSPS) is 26.1. The predicted octanol–water partition coefficient (Wildman–Crippen LogP) is 5.01. The van der Waals surface area contributed by atoms with Crippen LogP contribution in [0.3, 0.4) is 0 Å². The lowest BCUT2D eigenvalue weighted by Crippen LogP contribution is -2.51. The number of amides is 1. The second-order valence-electron chi connectivity index (χ2n) is 9.04. The Morgan fingerprint density at radius 3 is 2.44 bits per heavy atom. The van der Waals surface area contributed by atoms with E-state index in [1.54, 1.807) is 12.1 Å². The average Bonchev–Trinajstić information content (AvgIpc) is 3.32. The number of anilines is 2. The molecule has 0 saturated carbocycles. The van der Waals surface area contributed by atoms with Crippen molar-refractivity contribution in [3.05, 3.63) is 100 Å². The third-order valence-electron chi connectivity index (χ3n) is 7.37. The molecule has 1 amide bonds. The molecule has 3 aromatic rings. The number of carbonyl (C=O) groups excluding carboxylic acids is 3. The fourth-order valence-corrected chi connectivity index (χ4v) is 6.33. The highest BCUT2D eigenvalue weighted by Crippen LogP contribution is 2.57. The number of Topliss-reactive ketones (excluding diaryl/α,β-unsaturated/α-hetero) is 2. The lowest BCUT2D eigenvalue weighted by molar-refractivity contribution is -0.122. The fourth-order valence-electron chi connectivity index (χ4n) is 6.07. The van der Waals surface area contributed by atoms with Crippen LogP contribution >= 0.6 is 15.9 Å². The molecule has 3 aliphatic rings. The highest BCUT2D eigenvalue weighted by molar-refractivity contribution is 9.10. The second-order valence-corrected chi connectivity index (χ2v) is 9.96. The number of hydrogen-bond donors (Lipinski definition) is 1. The fraction of sp³-hybridized carbons (Fsp3) is 0.179. The number of hydrogen-bond acceptors (Lipinski definition) is 4. The molecule has 0 aromatic heterocycles. The van der Waals surface area contributed by atoms with E-state index in [-0.39, 0.29) is 17.5 Å². The van der Waals surface area contributed by atoms with Gasteiger partial charge in [-0.05, 0) is 42.3 Å². The highest BCUT2D eigenvalue weighted by Gasteiger charge is 2.69. The molecule has 1 saturated heterocycles. The summed E-state index contributed by atoms with van der Waals surface area (Å²) in [4.78, 5) is 43.5. The number of rotatable bonds is 3. The summed E-state index contributed by atoms with van der Waals surface area (Å²) in [5.41, 5.74) is 2.52. The smallest absolute Gasteiger partial charge is 0.238 e. The number of halogens is 1. The largest absolute Gasteiger partial charge is 0.352 e. The minimum atomic E-state index is -1.24. The molecular weight excluding hydrogens is 492 g/mol. The molecule has 1 fully saturated rings. The van der Waals surface area contributed by atoms with Crippen molar-refractivity contribution >= 4 is 50.9 Å². The van der Waals surface area contributed by atoms with Crippen molar-refractivity contribution in [3.63, 3.8) is 0 Å². The SMILES string of the molecule is CC(=O)[C@@H]1[C@H](C(=O)c2ccc(Br)cc2)[C@]2(C(=O)Nc3ccccc32)[C@@H]2C=Cc3ccccc3N12. The monoisotopic (exact) mass is 512 g/mol. The van der Waals surface area contributed by atoms with Gasteiger partial charge in [-0.15, -0.1) is 0 Å². The molecule has 3 aliphatic heterocycles. The first-order valence-electron chi connectivity index (χ1n) is 11.2. The van der Waals surface area contributed by atoms with Crippen molar-refractivity contribution in [1.29, 1.82) is 0 Å². The Hall–Kier alpha value is -3.51. The molecule has 6 heteroatoms. The summed E-state index contributed by atoms with van der Waals surface area (Å²) in [5, 5.41) is 3.02. The molecule has 5 nitrogen and oxygen atoms in total. The number of carbonyl (C=O) groups is 3. The van der Waals surface area contributed by atoms with E-state index in [1.807, 2.05) is 77.7 Å². The molecule has 0 radical (unpaired) electrons. The first kappa shape index (κ1) is 21.1. The number of para-hydroxylation sites is 2. The van der Waals surface area contributed by atoms with Crippen LogP contribution in [-0.4, -0.2) is 29.6 Å². The van der Waals surface area contributed by atoms with Gasteiger partial charge in [0.25, 0.3) is 0 Å². The van der Waals surface area contributed by atoms with Crippen LogP contribution in [0.5, 0.6) is 0 Å². The van der Waals surface area contributed by atoms with Gasteiger partial charge in [-0.3, -0.25) is 14.4 Å². The van der Waals surface area contributed by atoms with Gasteiger partial charge in [0.2, 0.25) is 5.91 Å². The minimum absolute atomic E-state index is 0.139. The van der Waals surface area contributed by atoms with E-state index in [2.05, 4.69) is 21.2 Å². The van der Waals surface area contributed by atoms with Gasteiger partial charge in [0.15, 0.2) is 11.6 Å². The minimum Gasteiger partial charge on any atom is -0.352 e. The summed E-state index contributed by atoms with van der Waals surface area (Å²) in [5.74, 6) is -1.48. The molecule has 3 heterocycles. The third kappa shape index (κ3) is 2.69. The number of nitrogens with one attached hydrogen (secondary N) is 1. The molecule has 0 aliphatic carbocycles. The van der Waals surface area contributed by atoms with Crippen LogP contribution in [-0.2, 0) is 15.0 Å². The van der Waals surface area contributed by atoms with Crippen molar-refractivity contribution in [2.45, 2.75) is 24.4 Å². The van der Waals surface area contributed by atoms with Gasteiger partial charge >= 0.3 is 0 Å². The van der Waals surface area contributed by atoms with Gasteiger partial charge in [0.05, 0.1) is 18.0 Å². The van der Waals surface area contributed by atoms with Gasteiger partial charge in [0, 0.05) is 21.4 Å². The van der Waals surface area contributed by atoms with Crippen LogP contribution in [0.2, 0.25) is 0 Å². The standard InChI is InChI=1S/C28H21BrN2O3/c1-16(32)25-24(26(33)18-10-13-19(29)14-11-18)28(20-7-3-4-8-21(20)30-27(28)34)23-15-12-17-6-2-5-9-22(17)31(23)25/h2-15,23-25H,1H3,(H,30,34)/t23-,24+,25+,28+/m0/s1. The summed E-state index contributed by atoms with van der Waals surface area (Å²) in [6.45, 7) is 1.52. The number of ketones is 2. The lowest BCUT2D eigenvalue weighted by atomic mass is 9.64. The summed E-state index contributed by atoms with van der Waals surface area (Å²) >= 11 is 3.42. The van der Waals surface area contributed by atoms with Gasteiger partial charge in [-0.2, -0.15) is 0 Å². The Labute approximate surface area is 205 Å². The maximum atomic E-state index is 14.2. The molecule has 4 atom stereocenters. The van der Waals surface area contributed by atoms with E-state index in [4.69, 9.17) is 0 Å². The maximum absolute atomic E-state index is 14.2. The first-order valence-corrected chi connectivity index (χ1v) is 12.0. The van der Waals surface area contributed by atoms with E-state index in [9.17, 15) is 14.4 Å². The molecular formula is C28H21BrN2O3. The zero-order chi connectivity index (χ0) is 23.6. The molecule has 6 rings (SSSR count).